The zero-order valence-electron chi connectivity index (χ0n) is 13.9. The molecule has 11 heteroatoms. The highest BCUT2D eigenvalue weighted by Gasteiger charge is 2.15. The molecule has 2 rings (SSSR count). The second kappa shape index (κ2) is 9.31. The second-order valence-electron chi connectivity index (χ2n) is 5.24. The van der Waals surface area contributed by atoms with Gasteiger partial charge in [0.1, 0.15) is 5.75 Å². The summed E-state index contributed by atoms with van der Waals surface area (Å²) in [5.41, 5.74) is -0.207. The molecular weight excluding hydrogens is 398 g/mol. The maximum Gasteiger partial charge on any atom is 0.269 e. The summed E-state index contributed by atoms with van der Waals surface area (Å²) in [7, 11) is -3.83. The summed E-state index contributed by atoms with van der Waals surface area (Å²) in [5, 5.41) is 13.6. The SMILES string of the molecule is O=C(COc1ccc(Cl)cc1)NCCNS(=O)(=O)c1ccc([N+](=O)[O-])cc1. The van der Waals surface area contributed by atoms with E-state index < -0.39 is 20.9 Å². The fraction of sp³-hybridized carbons (Fsp3) is 0.188. The van der Waals surface area contributed by atoms with E-state index in [1.54, 1.807) is 24.3 Å². The van der Waals surface area contributed by atoms with Crippen LogP contribution in [0.25, 0.3) is 0 Å². The zero-order valence-corrected chi connectivity index (χ0v) is 15.5. The number of nitrogens with zero attached hydrogens (tertiary/aromatic N) is 1. The molecule has 0 saturated heterocycles. The molecule has 0 radical (unpaired) electrons. The van der Waals surface area contributed by atoms with Crippen LogP contribution in [0.4, 0.5) is 5.69 Å². The van der Waals surface area contributed by atoms with Crippen molar-refractivity contribution in [2.75, 3.05) is 19.7 Å². The predicted octanol–water partition coefficient (Wildman–Crippen LogP) is 1.72. The van der Waals surface area contributed by atoms with E-state index in [9.17, 15) is 23.3 Å². The summed E-state index contributed by atoms with van der Waals surface area (Å²) in [4.78, 5) is 21.5. The van der Waals surface area contributed by atoms with Crippen LogP contribution in [0, 0.1) is 10.1 Å². The van der Waals surface area contributed by atoms with Gasteiger partial charge in [-0.25, -0.2) is 13.1 Å². The van der Waals surface area contributed by atoms with Gasteiger partial charge in [-0.2, -0.15) is 0 Å². The van der Waals surface area contributed by atoms with Crippen molar-refractivity contribution in [3.8, 4) is 5.75 Å². The number of benzene rings is 2. The minimum absolute atomic E-state index is 0.0496. The summed E-state index contributed by atoms with van der Waals surface area (Å²) >= 11 is 5.74. The third-order valence-electron chi connectivity index (χ3n) is 3.28. The Kier molecular flexibility index (Phi) is 7.11. The maximum atomic E-state index is 12.1. The van der Waals surface area contributed by atoms with Crippen LogP contribution in [0.15, 0.2) is 53.4 Å². The highest BCUT2D eigenvalue weighted by molar-refractivity contribution is 7.89. The summed E-state index contributed by atoms with van der Waals surface area (Å²) in [6.45, 7) is -0.224. The number of nitrogens with one attached hydrogen (secondary N) is 2. The van der Waals surface area contributed by atoms with Crippen molar-refractivity contribution < 1.29 is 22.9 Å². The lowest BCUT2D eigenvalue weighted by molar-refractivity contribution is -0.384. The molecule has 2 aromatic rings. The number of rotatable bonds is 9. The van der Waals surface area contributed by atoms with Crippen molar-refractivity contribution in [1.82, 2.24) is 10.0 Å². The van der Waals surface area contributed by atoms with Gasteiger partial charge in [0.05, 0.1) is 9.82 Å². The van der Waals surface area contributed by atoms with Gasteiger partial charge in [-0.1, -0.05) is 11.6 Å². The molecule has 2 N–H and O–H groups in total. The van der Waals surface area contributed by atoms with Gasteiger partial charge < -0.3 is 10.1 Å². The normalized spacial score (nSPS) is 11.0. The summed E-state index contributed by atoms with van der Waals surface area (Å²) in [5.74, 6) is 0.0629. The first-order valence-corrected chi connectivity index (χ1v) is 9.53. The molecule has 9 nitrogen and oxygen atoms in total. The zero-order chi connectivity index (χ0) is 19.9. The van der Waals surface area contributed by atoms with Gasteiger partial charge in [0, 0.05) is 30.2 Å². The predicted molar refractivity (Wildman–Crippen MR) is 98.2 cm³/mol. The first-order chi connectivity index (χ1) is 12.8. The highest BCUT2D eigenvalue weighted by Crippen LogP contribution is 2.16. The van der Waals surface area contributed by atoms with Crippen LogP contribution in [-0.4, -0.2) is 38.9 Å². The molecule has 1 amide bonds. The highest BCUT2D eigenvalue weighted by atomic mass is 35.5. The largest absolute Gasteiger partial charge is 0.484 e. The van der Waals surface area contributed by atoms with Gasteiger partial charge in [-0.05, 0) is 36.4 Å². The molecule has 0 unspecified atom stereocenters. The molecule has 0 heterocycles. The second-order valence-corrected chi connectivity index (χ2v) is 7.44. The fourth-order valence-corrected chi connectivity index (χ4v) is 3.11. The van der Waals surface area contributed by atoms with Crippen molar-refractivity contribution in [2.24, 2.45) is 0 Å². The quantitative estimate of drug-likeness (QED) is 0.366. The summed E-state index contributed by atoms with van der Waals surface area (Å²) in [6, 6.07) is 11.0. The molecule has 0 aromatic heterocycles. The smallest absolute Gasteiger partial charge is 0.269 e. The van der Waals surface area contributed by atoms with Gasteiger partial charge in [0.25, 0.3) is 11.6 Å². The van der Waals surface area contributed by atoms with Crippen LogP contribution in [0.5, 0.6) is 5.75 Å². The lowest BCUT2D eigenvalue weighted by Gasteiger charge is -2.09. The number of nitro groups is 1. The lowest BCUT2D eigenvalue weighted by atomic mass is 10.3. The van der Waals surface area contributed by atoms with Gasteiger partial charge in [0.15, 0.2) is 6.61 Å². The Balaban J connectivity index is 1.73. The van der Waals surface area contributed by atoms with Gasteiger partial charge in [0.2, 0.25) is 10.0 Å². The van der Waals surface area contributed by atoms with E-state index in [0.717, 1.165) is 24.3 Å². The van der Waals surface area contributed by atoms with Crippen molar-refractivity contribution in [3.63, 3.8) is 0 Å². The minimum Gasteiger partial charge on any atom is -0.484 e. The molecule has 2 aromatic carbocycles. The average Bonchev–Trinajstić information content (AvgIpc) is 2.65. The van der Waals surface area contributed by atoms with E-state index in [2.05, 4.69) is 10.0 Å². The topological polar surface area (TPSA) is 128 Å². The van der Waals surface area contributed by atoms with E-state index in [4.69, 9.17) is 16.3 Å². The molecule has 0 bridgehead atoms. The summed E-state index contributed by atoms with van der Waals surface area (Å²) < 4.78 is 31.7. The van der Waals surface area contributed by atoms with Gasteiger partial charge >= 0.3 is 0 Å². The Hall–Kier alpha value is -2.69. The summed E-state index contributed by atoms with van der Waals surface area (Å²) in [6.07, 6.45) is 0. The van der Waals surface area contributed by atoms with E-state index in [1.807, 2.05) is 0 Å². The molecule has 0 fully saturated rings. The van der Waals surface area contributed by atoms with E-state index in [1.165, 1.54) is 0 Å². The van der Waals surface area contributed by atoms with Gasteiger partial charge in [-0.3, -0.25) is 14.9 Å². The molecule has 27 heavy (non-hydrogen) atoms. The standard InChI is InChI=1S/C16H16ClN3O6S/c17-12-1-5-14(6-2-12)26-11-16(21)18-9-10-19-27(24,25)15-7-3-13(4-8-15)20(22)23/h1-8,19H,9-11H2,(H,18,21). The van der Waals surface area contributed by atoms with Crippen LogP contribution in [0.2, 0.25) is 5.02 Å². The molecule has 0 saturated carbocycles. The number of ether oxygens (including phenoxy) is 1. The van der Waals surface area contributed by atoms with E-state index in [-0.39, 0.29) is 30.3 Å². The number of hydrogen-bond donors (Lipinski definition) is 2. The number of nitro benzene ring substituents is 1. The van der Waals surface area contributed by atoms with Crippen LogP contribution >= 0.6 is 11.6 Å². The Bertz CT molecular complexity index is 901. The van der Waals surface area contributed by atoms with E-state index in [0.29, 0.717) is 10.8 Å². The Morgan fingerprint density at radius 3 is 2.30 bits per heavy atom. The van der Waals surface area contributed by atoms with Crippen LogP contribution in [0.1, 0.15) is 0 Å². The molecule has 0 aliphatic carbocycles. The van der Waals surface area contributed by atoms with Crippen LogP contribution in [0.3, 0.4) is 0 Å². The maximum absolute atomic E-state index is 12.1. The first-order valence-electron chi connectivity index (χ1n) is 7.67. The van der Waals surface area contributed by atoms with Crippen molar-refractivity contribution >= 4 is 33.2 Å². The minimum atomic E-state index is -3.83. The van der Waals surface area contributed by atoms with E-state index >= 15 is 0 Å². The Morgan fingerprint density at radius 1 is 1.07 bits per heavy atom. The average molecular weight is 414 g/mol. The van der Waals surface area contributed by atoms with Crippen LogP contribution < -0.4 is 14.8 Å². The number of sulfonamides is 1. The van der Waals surface area contributed by atoms with Crippen molar-refractivity contribution in [3.05, 3.63) is 63.7 Å². The van der Waals surface area contributed by atoms with Crippen LogP contribution in [-0.2, 0) is 14.8 Å². The lowest BCUT2D eigenvalue weighted by Crippen LogP contribution is -2.36. The monoisotopic (exact) mass is 413 g/mol. The number of halogens is 1. The molecule has 0 aliphatic heterocycles. The first kappa shape index (κ1) is 20.6. The fourth-order valence-electron chi connectivity index (χ4n) is 1.95. The third-order valence-corrected chi connectivity index (χ3v) is 5.01. The number of carbonyl (C=O) groups is 1. The van der Waals surface area contributed by atoms with Crippen molar-refractivity contribution in [1.29, 1.82) is 0 Å². The third kappa shape index (κ3) is 6.51. The van der Waals surface area contributed by atoms with Gasteiger partial charge in [-0.15, -0.1) is 0 Å². The number of non-ortho nitro benzene ring substituents is 1. The Morgan fingerprint density at radius 2 is 1.70 bits per heavy atom. The van der Waals surface area contributed by atoms with Crippen molar-refractivity contribution in [2.45, 2.75) is 4.90 Å². The Labute approximate surface area is 160 Å². The number of amides is 1. The molecule has 0 spiro atoms. The molecule has 144 valence electrons. The number of hydrogen-bond acceptors (Lipinski definition) is 6. The number of carbonyl (C=O) groups excluding carboxylic acids is 1. The molecular formula is C16H16ClN3O6S. The molecule has 0 atom stereocenters. The molecule has 0 aliphatic rings.